The fourth-order valence-electron chi connectivity index (χ4n) is 10.6. The summed E-state index contributed by atoms with van der Waals surface area (Å²) in [7, 11) is 0. The Hall–Kier alpha value is -1.39. The third kappa shape index (κ3) is 9.74. The Morgan fingerprint density at radius 2 is 1.76 bits per heavy atom. The fraction of sp³-hybridized carbons (Fsp3) is 0.923. The smallest absolute Gasteiger partial charge is 0.410 e. The van der Waals surface area contributed by atoms with Gasteiger partial charge < -0.3 is 26.4 Å². The highest BCUT2D eigenvalue weighted by Gasteiger charge is 2.58. The number of alkyl halides is 4. The molecule has 1 amide bonds. The molecule has 4 aliphatic rings. The van der Waals surface area contributed by atoms with E-state index in [1.54, 1.807) is 0 Å². The first-order chi connectivity index (χ1) is 23.1. The molecule has 8 unspecified atom stereocenters. The highest BCUT2D eigenvalue weighted by atomic mass is 19.3. The fourth-order valence-corrected chi connectivity index (χ4v) is 10.6. The number of rotatable bonds is 18. The van der Waals surface area contributed by atoms with Crippen LogP contribution < -0.4 is 16.8 Å². The van der Waals surface area contributed by atoms with Crippen LogP contribution in [0, 0.1) is 46.3 Å². The molecule has 5 N–H and O–H groups in total. The summed E-state index contributed by atoms with van der Waals surface area (Å²) in [5.41, 5.74) is 12.3. The van der Waals surface area contributed by atoms with E-state index in [0.717, 1.165) is 47.8 Å². The van der Waals surface area contributed by atoms with Crippen molar-refractivity contribution >= 4 is 6.09 Å². The second kappa shape index (κ2) is 17.0. The topological polar surface area (TPSA) is 93.6 Å². The average Bonchev–Trinajstić information content (AvgIpc) is 3.40. The predicted octanol–water partition coefficient (Wildman–Crippen LogP) is 8.78. The minimum Gasteiger partial charge on any atom is -0.446 e. The van der Waals surface area contributed by atoms with Gasteiger partial charge in [-0.05, 0) is 117 Å². The minimum atomic E-state index is -3.24. The van der Waals surface area contributed by atoms with Crippen molar-refractivity contribution in [3.8, 4) is 0 Å². The molecule has 8 atom stereocenters. The molecule has 6 nitrogen and oxygen atoms in total. The first-order valence-electron chi connectivity index (χ1n) is 19.6. The van der Waals surface area contributed by atoms with Crippen LogP contribution in [0.15, 0.2) is 11.6 Å². The van der Waals surface area contributed by atoms with E-state index in [1.165, 1.54) is 56.9 Å². The molecule has 49 heavy (non-hydrogen) atoms. The molecule has 0 aliphatic heterocycles. The monoisotopic (exact) mass is 701 g/mol. The van der Waals surface area contributed by atoms with E-state index in [4.69, 9.17) is 16.2 Å². The molecule has 284 valence electrons. The summed E-state index contributed by atoms with van der Waals surface area (Å²) in [4.78, 5) is 14.3. The van der Waals surface area contributed by atoms with Crippen LogP contribution >= 0.6 is 0 Å². The lowest BCUT2D eigenvalue weighted by atomic mass is 9.47. The largest absolute Gasteiger partial charge is 0.446 e. The number of ether oxygens (including phenoxy) is 1. The van der Waals surface area contributed by atoms with Gasteiger partial charge >= 0.3 is 6.09 Å². The van der Waals surface area contributed by atoms with Gasteiger partial charge in [-0.25, -0.2) is 22.4 Å². The maximum Gasteiger partial charge on any atom is 0.410 e. The molecule has 0 spiro atoms. The Bertz CT molecular complexity index is 1100. The van der Waals surface area contributed by atoms with Gasteiger partial charge in [0.25, 0.3) is 11.8 Å². The van der Waals surface area contributed by atoms with Crippen molar-refractivity contribution in [2.24, 2.45) is 57.8 Å². The van der Waals surface area contributed by atoms with Crippen molar-refractivity contribution in [3.05, 3.63) is 11.6 Å². The van der Waals surface area contributed by atoms with Gasteiger partial charge in [0, 0.05) is 13.0 Å². The highest BCUT2D eigenvalue weighted by Crippen LogP contribution is 2.67. The lowest BCUT2D eigenvalue weighted by Crippen LogP contribution is -2.51. The molecule has 0 aromatic heterocycles. The van der Waals surface area contributed by atoms with Crippen molar-refractivity contribution in [1.82, 2.24) is 10.2 Å². The third-order valence-corrected chi connectivity index (χ3v) is 13.8. The van der Waals surface area contributed by atoms with E-state index in [9.17, 15) is 22.4 Å². The minimum absolute atomic E-state index is 0.0400. The van der Waals surface area contributed by atoms with Crippen LogP contribution in [0.5, 0.6) is 0 Å². The highest BCUT2D eigenvalue weighted by molar-refractivity contribution is 5.68. The van der Waals surface area contributed by atoms with Crippen LogP contribution in [-0.2, 0) is 4.74 Å². The van der Waals surface area contributed by atoms with Crippen molar-refractivity contribution in [2.45, 2.75) is 142 Å². The molecule has 3 fully saturated rings. The Balaban J connectivity index is 1.33. The summed E-state index contributed by atoms with van der Waals surface area (Å²) in [6, 6.07) is 0. The van der Waals surface area contributed by atoms with E-state index in [0.29, 0.717) is 36.5 Å². The number of hydrogen-bond donors (Lipinski definition) is 3. The van der Waals surface area contributed by atoms with Gasteiger partial charge in [-0.2, -0.15) is 0 Å². The van der Waals surface area contributed by atoms with E-state index in [1.807, 2.05) is 0 Å². The van der Waals surface area contributed by atoms with Crippen LogP contribution in [0.2, 0.25) is 0 Å². The second-order valence-corrected chi connectivity index (χ2v) is 17.1. The van der Waals surface area contributed by atoms with Crippen LogP contribution in [-0.4, -0.2) is 68.2 Å². The first-order valence-corrected chi connectivity index (χ1v) is 19.6. The van der Waals surface area contributed by atoms with Gasteiger partial charge in [0.2, 0.25) is 0 Å². The van der Waals surface area contributed by atoms with Crippen molar-refractivity contribution < 1.29 is 27.1 Å². The van der Waals surface area contributed by atoms with E-state index < -0.39 is 44.1 Å². The number of hydrogen-bond acceptors (Lipinski definition) is 5. The normalized spacial score (nSPS) is 32.2. The lowest BCUT2D eigenvalue weighted by Gasteiger charge is -2.58. The van der Waals surface area contributed by atoms with Crippen molar-refractivity contribution in [1.29, 1.82) is 0 Å². The number of amides is 1. The number of nitrogens with zero attached hydrogens (tertiary/aromatic N) is 1. The quantitative estimate of drug-likeness (QED) is 0.0755. The first kappa shape index (κ1) is 40.4. The molecule has 4 aliphatic carbocycles. The average molecular weight is 701 g/mol. The number of nitrogens with one attached hydrogen (secondary N) is 1. The summed E-state index contributed by atoms with van der Waals surface area (Å²) in [5.74, 6) is -1.67. The third-order valence-electron chi connectivity index (χ3n) is 13.8. The van der Waals surface area contributed by atoms with Crippen LogP contribution in [0.1, 0.15) is 125 Å². The summed E-state index contributed by atoms with van der Waals surface area (Å²) >= 11 is 0. The lowest BCUT2D eigenvalue weighted by molar-refractivity contribution is -0.0569. The summed E-state index contributed by atoms with van der Waals surface area (Å²) in [6.07, 6.45) is 16.2. The molecule has 4 rings (SSSR count). The van der Waals surface area contributed by atoms with Gasteiger partial charge in [0.15, 0.2) is 0 Å². The summed E-state index contributed by atoms with van der Waals surface area (Å²) < 4.78 is 61.4. The molecule has 0 aromatic carbocycles. The van der Waals surface area contributed by atoms with E-state index in [-0.39, 0.29) is 24.6 Å². The maximum atomic E-state index is 14.4. The van der Waals surface area contributed by atoms with Crippen LogP contribution in [0.25, 0.3) is 0 Å². The van der Waals surface area contributed by atoms with Crippen molar-refractivity contribution in [2.75, 3.05) is 39.3 Å². The summed E-state index contributed by atoms with van der Waals surface area (Å²) in [5, 5.41) is 2.65. The molecule has 0 aromatic rings. The van der Waals surface area contributed by atoms with E-state index >= 15 is 0 Å². The Kier molecular flexibility index (Phi) is 14.0. The standard InChI is InChI=1S/C39H68F4N4O2/c1-6-28(27(2)3)10-9-11-29-13-15-33-32-14-12-30-22-31(16-18-37(30,5)34(32)17-19-36(29,33)4)49-35(48)47(26-39(42,43)24-45)21-8-7-20-46-25-38(40,41)23-44/h12,27-29,31-34,46H,6-11,13-26,44-45H2,1-5H3. The zero-order chi connectivity index (χ0) is 36.0. The molecule has 10 heteroatoms. The van der Waals surface area contributed by atoms with Crippen LogP contribution in [0.4, 0.5) is 22.4 Å². The maximum absolute atomic E-state index is 14.4. The Morgan fingerprint density at radius 1 is 1.02 bits per heavy atom. The zero-order valence-electron chi connectivity index (χ0n) is 31.2. The summed E-state index contributed by atoms with van der Waals surface area (Å²) in [6.45, 7) is 9.44. The molecule has 0 bridgehead atoms. The molecule has 0 radical (unpaired) electrons. The zero-order valence-corrected chi connectivity index (χ0v) is 31.2. The SMILES string of the molecule is CCC(CCCC1CCC2C3CC=C4CC(OC(=O)N(CCCCNCC(F)(F)CN)CC(F)(F)CN)CCC4(C)C3CCC12C)C(C)C. The van der Waals surface area contributed by atoms with Crippen molar-refractivity contribution in [3.63, 3.8) is 0 Å². The van der Waals surface area contributed by atoms with Gasteiger partial charge in [0.1, 0.15) is 6.10 Å². The molecule has 3 saturated carbocycles. The van der Waals surface area contributed by atoms with Gasteiger partial charge in [-0.3, -0.25) is 0 Å². The van der Waals surface area contributed by atoms with Gasteiger partial charge in [0.05, 0.1) is 26.2 Å². The molecule has 0 saturated heterocycles. The Morgan fingerprint density at radius 3 is 2.43 bits per heavy atom. The number of halogens is 4. The number of nitrogens with two attached hydrogens (primary N) is 2. The number of carbonyl (C=O) groups excluding carboxylic acids is 1. The Labute approximate surface area is 294 Å². The molecular weight excluding hydrogens is 632 g/mol. The number of carbonyl (C=O) groups is 1. The number of allylic oxidation sites excluding steroid dienone is 1. The molecule has 0 heterocycles. The number of unbranched alkanes of at least 4 members (excludes halogenated alkanes) is 1. The second-order valence-electron chi connectivity index (χ2n) is 17.1. The van der Waals surface area contributed by atoms with Gasteiger partial charge in [-0.15, -0.1) is 0 Å². The van der Waals surface area contributed by atoms with Crippen LogP contribution in [0.3, 0.4) is 0 Å². The molecular formula is C39H68F4N4O2. The van der Waals surface area contributed by atoms with E-state index in [2.05, 4.69) is 46.0 Å². The predicted molar refractivity (Wildman–Crippen MR) is 190 cm³/mol. The van der Waals surface area contributed by atoms with Gasteiger partial charge in [-0.1, -0.05) is 65.5 Å². The number of fused-ring (bicyclic) bond motifs is 5.